The molecule has 0 aliphatic rings. The quantitative estimate of drug-likeness (QED) is 0.636. The number of carbonyl (C=O) groups is 2. The molecule has 2 atom stereocenters. The van der Waals surface area contributed by atoms with Crippen LogP contribution in [0.3, 0.4) is 0 Å². The Morgan fingerprint density at radius 1 is 1.14 bits per heavy atom. The summed E-state index contributed by atoms with van der Waals surface area (Å²) in [6.07, 6.45) is 0.871. The predicted octanol–water partition coefficient (Wildman–Crippen LogP) is 1.67. The molecule has 0 aliphatic carbocycles. The van der Waals surface area contributed by atoms with E-state index in [1.807, 2.05) is 6.92 Å². The molecule has 0 radical (unpaired) electrons. The van der Waals surface area contributed by atoms with Crippen molar-refractivity contribution in [3.05, 3.63) is 0 Å². The number of ether oxygens (including phenoxy) is 2. The molecule has 82 valence electrons. The molecule has 0 unspecified atom stereocenters. The molecule has 4 nitrogen and oxygen atoms in total. The highest BCUT2D eigenvalue weighted by atomic mass is 16.6. The highest BCUT2D eigenvalue weighted by molar-refractivity contribution is 5.67. The second kappa shape index (κ2) is 6.40. The lowest BCUT2D eigenvalue weighted by atomic mass is 10.1. The van der Waals surface area contributed by atoms with Gasteiger partial charge in [-0.25, -0.2) is 0 Å². The Labute approximate surface area is 84.6 Å². The molecule has 0 saturated carbocycles. The van der Waals surface area contributed by atoms with Crippen LogP contribution in [0.2, 0.25) is 0 Å². The van der Waals surface area contributed by atoms with Crippen molar-refractivity contribution in [2.45, 2.75) is 52.7 Å². The van der Waals surface area contributed by atoms with E-state index in [1.165, 1.54) is 13.8 Å². The third-order valence-corrected chi connectivity index (χ3v) is 1.77. The van der Waals surface area contributed by atoms with E-state index in [0.29, 0.717) is 6.42 Å². The topological polar surface area (TPSA) is 52.6 Å². The number of hydrogen-bond acceptors (Lipinski definition) is 4. The summed E-state index contributed by atoms with van der Waals surface area (Å²) in [5.74, 6) is -0.701. The number of esters is 2. The van der Waals surface area contributed by atoms with Crippen LogP contribution < -0.4 is 0 Å². The summed E-state index contributed by atoms with van der Waals surface area (Å²) in [5.41, 5.74) is 0. The second-order valence-corrected chi connectivity index (χ2v) is 3.25. The van der Waals surface area contributed by atoms with E-state index in [1.54, 1.807) is 6.92 Å². The third-order valence-electron chi connectivity index (χ3n) is 1.77. The van der Waals surface area contributed by atoms with Crippen LogP contribution in [0.1, 0.15) is 40.5 Å². The third kappa shape index (κ3) is 5.56. The Hall–Kier alpha value is -1.06. The molecule has 0 amide bonds. The monoisotopic (exact) mass is 202 g/mol. The summed E-state index contributed by atoms with van der Waals surface area (Å²) in [5, 5.41) is 0. The largest absolute Gasteiger partial charge is 0.459 e. The van der Waals surface area contributed by atoms with Gasteiger partial charge in [0.25, 0.3) is 0 Å². The van der Waals surface area contributed by atoms with Crippen molar-refractivity contribution in [2.24, 2.45) is 0 Å². The van der Waals surface area contributed by atoms with Gasteiger partial charge in [-0.1, -0.05) is 13.3 Å². The standard InChI is InChI=1S/C10H18O4/c1-5-6-10(14-9(4)12)7(2)13-8(3)11/h7,10H,5-6H2,1-4H3/t7-,10+/m0/s1. The van der Waals surface area contributed by atoms with Crippen molar-refractivity contribution in [2.75, 3.05) is 0 Å². The highest BCUT2D eigenvalue weighted by Gasteiger charge is 2.21. The van der Waals surface area contributed by atoms with Crippen LogP contribution in [0.25, 0.3) is 0 Å². The molecule has 0 aromatic heterocycles. The summed E-state index contributed by atoms with van der Waals surface area (Å²) in [6, 6.07) is 0. The van der Waals surface area contributed by atoms with E-state index in [0.717, 1.165) is 6.42 Å². The molecule has 14 heavy (non-hydrogen) atoms. The van der Waals surface area contributed by atoms with Crippen molar-refractivity contribution in [3.8, 4) is 0 Å². The zero-order valence-corrected chi connectivity index (χ0v) is 9.20. The summed E-state index contributed by atoms with van der Waals surface area (Å²) >= 11 is 0. The first kappa shape index (κ1) is 12.9. The molecule has 0 fully saturated rings. The highest BCUT2D eigenvalue weighted by Crippen LogP contribution is 2.11. The lowest BCUT2D eigenvalue weighted by Crippen LogP contribution is -2.31. The van der Waals surface area contributed by atoms with E-state index in [-0.39, 0.29) is 24.1 Å². The van der Waals surface area contributed by atoms with Crippen LogP contribution in [-0.2, 0) is 19.1 Å². The molecule has 0 saturated heterocycles. The summed E-state index contributed by atoms with van der Waals surface area (Å²) in [7, 11) is 0. The Balaban J connectivity index is 4.16. The van der Waals surface area contributed by atoms with E-state index in [2.05, 4.69) is 0 Å². The van der Waals surface area contributed by atoms with E-state index < -0.39 is 0 Å². The molecule has 0 bridgehead atoms. The molecule has 0 aliphatic heterocycles. The van der Waals surface area contributed by atoms with Gasteiger partial charge in [0.15, 0.2) is 0 Å². The van der Waals surface area contributed by atoms with Crippen LogP contribution >= 0.6 is 0 Å². The molecule has 0 aromatic carbocycles. The van der Waals surface area contributed by atoms with Gasteiger partial charge in [-0.3, -0.25) is 9.59 Å². The molecular formula is C10H18O4. The first-order chi connectivity index (χ1) is 6.47. The van der Waals surface area contributed by atoms with Gasteiger partial charge in [0, 0.05) is 13.8 Å². The molecule has 0 N–H and O–H groups in total. The molecule has 0 rings (SSSR count). The fourth-order valence-corrected chi connectivity index (χ4v) is 1.22. The van der Waals surface area contributed by atoms with Gasteiger partial charge in [-0.05, 0) is 13.3 Å². The van der Waals surface area contributed by atoms with E-state index in [9.17, 15) is 9.59 Å². The zero-order valence-electron chi connectivity index (χ0n) is 9.20. The maximum absolute atomic E-state index is 10.8. The van der Waals surface area contributed by atoms with E-state index >= 15 is 0 Å². The average molecular weight is 202 g/mol. The van der Waals surface area contributed by atoms with Crippen molar-refractivity contribution in [1.29, 1.82) is 0 Å². The lowest BCUT2D eigenvalue weighted by Gasteiger charge is -2.22. The number of rotatable bonds is 5. The van der Waals surface area contributed by atoms with Crippen LogP contribution in [0.15, 0.2) is 0 Å². The van der Waals surface area contributed by atoms with Crippen LogP contribution in [-0.4, -0.2) is 24.1 Å². The van der Waals surface area contributed by atoms with Gasteiger partial charge in [0.2, 0.25) is 0 Å². The minimum atomic E-state index is -0.378. The first-order valence-electron chi connectivity index (χ1n) is 4.81. The summed E-state index contributed by atoms with van der Waals surface area (Å²) in [6.45, 7) is 6.40. The van der Waals surface area contributed by atoms with Crippen molar-refractivity contribution in [1.82, 2.24) is 0 Å². The average Bonchev–Trinajstić information content (AvgIpc) is 2.01. The van der Waals surface area contributed by atoms with Gasteiger partial charge in [-0.2, -0.15) is 0 Å². The fourth-order valence-electron chi connectivity index (χ4n) is 1.22. The Morgan fingerprint density at radius 3 is 2.00 bits per heavy atom. The fraction of sp³-hybridized carbons (Fsp3) is 0.800. The minimum absolute atomic E-state index is 0.332. The Morgan fingerprint density at radius 2 is 1.64 bits per heavy atom. The zero-order chi connectivity index (χ0) is 11.1. The number of hydrogen-bond donors (Lipinski definition) is 0. The van der Waals surface area contributed by atoms with E-state index in [4.69, 9.17) is 9.47 Å². The maximum Gasteiger partial charge on any atom is 0.303 e. The predicted molar refractivity (Wildman–Crippen MR) is 51.7 cm³/mol. The minimum Gasteiger partial charge on any atom is -0.459 e. The van der Waals surface area contributed by atoms with Crippen molar-refractivity contribution in [3.63, 3.8) is 0 Å². The second-order valence-electron chi connectivity index (χ2n) is 3.25. The lowest BCUT2D eigenvalue weighted by molar-refractivity contribution is -0.164. The maximum atomic E-state index is 10.8. The van der Waals surface area contributed by atoms with Crippen molar-refractivity contribution >= 4 is 11.9 Å². The van der Waals surface area contributed by atoms with Gasteiger partial charge >= 0.3 is 11.9 Å². The molecule has 4 heteroatoms. The summed E-state index contributed by atoms with van der Waals surface area (Å²) in [4.78, 5) is 21.4. The van der Waals surface area contributed by atoms with Crippen LogP contribution in [0.5, 0.6) is 0 Å². The van der Waals surface area contributed by atoms with Gasteiger partial charge in [-0.15, -0.1) is 0 Å². The molecule has 0 heterocycles. The Kier molecular flexibility index (Phi) is 5.92. The molecule has 0 aromatic rings. The van der Waals surface area contributed by atoms with Gasteiger partial charge in [0.1, 0.15) is 12.2 Å². The summed E-state index contributed by atoms with van der Waals surface area (Å²) < 4.78 is 9.99. The van der Waals surface area contributed by atoms with Crippen molar-refractivity contribution < 1.29 is 19.1 Å². The van der Waals surface area contributed by atoms with Crippen LogP contribution in [0.4, 0.5) is 0 Å². The van der Waals surface area contributed by atoms with Gasteiger partial charge < -0.3 is 9.47 Å². The van der Waals surface area contributed by atoms with Crippen LogP contribution in [0, 0.1) is 0 Å². The Bertz CT molecular complexity index is 200. The normalized spacial score (nSPS) is 14.3. The number of carbonyl (C=O) groups excluding carboxylic acids is 2. The SMILES string of the molecule is CCC[C@@H](OC(C)=O)[C@H](C)OC(C)=O. The first-order valence-corrected chi connectivity index (χ1v) is 4.81. The smallest absolute Gasteiger partial charge is 0.303 e. The molecule has 0 spiro atoms. The molecular weight excluding hydrogens is 184 g/mol. The van der Waals surface area contributed by atoms with Gasteiger partial charge in [0.05, 0.1) is 0 Å².